The Kier molecular flexibility index (Phi) is 6.08. The summed E-state index contributed by atoms with van der Waals surface area (Å²) in [7, 11) is -3.63. The van der Waals surface area contributed by atoms with E-state index in [1.807, 2.05) is 17.5 Å². The molecule has 1 amide bonds. The molecule has 3 rings (SSSR count). The van der Waals surface area contributed by atoms with E-state index >= 15 is 0 Å². The molecule has 0 aliphatic carbocycles. The number of nitrogens with zero attached hydrogens (tertiary/aromatic N) is 1. The Balaban J connectivity index is 1.73. The Morgan fingerprint density at radius 1 is 1.27 bits per heavy atom. The van der Waals surface area contributed by atoms with E-state index in [-0.39, 0.29) is 10.8 Å². The molecule has 1 aromatic carbocycles. The normalized spacial score (nSPS) is 15.7. The molecular formula is C18H22N2O4S2. The highest BCUT2D eigenvalue weighted by atomic mass is 32.2. The molecule has 1 aliphatic heterocycles. The summed E-state index contributed by atoms with van der Waals surface area (Å²) in [5, 5.41) is 4.85. The van der Waals surface area contributed by atoms with Gasteiger partial charge in [0.05, 0.1) is 18.1 Å². The van der Waals surface area contributed by atoms with Crippen LogP contribution in [0.5, 0.6) is 0 Å². The second-order valence-corrected chi connectivity index (χ2v) is 9.02. The first-order valence-corrected chi connectivity index (χ1v) is 10.8. The van der Waals surface area contributed by atoms with Crippen LogP contribution >= 0.6 is 11.3 Å². The molecule has 0 bridgehead atoms. The van der Waals surface area contributed by atoms with Crippen molar-refractivity contribution < 1.29 is 17.9 Å². The molecule has 1 N–H and O–H groups in total. The van der Waals surface area contributed by atoms with Crippen molar-refractivity contribution in [1.29, 1.82) is 0 Å². The average Bonchev–Trinajstić information content (AvgIpc) is 3.16. The van der Waals surface area contributed by atoms with Gasteiger partial charge in [0.25, 0.3) is 5.91 Å². The zero-order valence-electron chi connectivity index (χ0n) is 14.6. The molecule has 0 unspecified atom stereocenters. The number of carbonyl (C=O) groups is 1. The van der Waals surface area contributed by atoms with Crippen molar-refractivity contribution >= 4 is 27.3 Å². The number of benzene rings is 1. The molecule has 0 atom stereocenters. The molecule has 1 aromatic heterocycles. The summed E-state index contributed by atoms with van der Waals surface area (Å²) in [5.41, 5.74) is 0.986. The summed E-state index contributed by atoms with van der Waals surface area (Å²) >= 11 is 1.65. The molecule has 1 aliphatic rings. The first-order chi connectivity index (χ1) is 12.5. The fourth-order valence-electron chi connectivity index (χ4n) is 2.80. The van der Waals surface area contributed by atoms with Crippen molar-refractivity contribution in [3.63, 3.8) is 0 Å². The third kappa shape index (κ3) is 4.32. The Hall–Kier alpha value is -1.74. The van der Waals surface area contributed by atoms with E-state index in [0.29, 0.717) is 44.0 Å². The van der Waals surface area contributed by atoms with Crippen molar-refractivity contribution in [1.82, 2.24) is 9.62 Å². The maximum absolute atomic E-state index is 12.9. The monoisotopic (exact) mass is 394 g/mol. The lowest BCUT2D eigenvalue weighted by atomic mass is 10.1. The van der Waals surface area contributed by atoms with Gasteiger partial charge in [0, 0.05) is 30.1 Å². The quantitative estimate of drug-likeness (QED) is 0.814. The van der Waals surface area contributed by atoms with Crippen LogP contribution in [0.1, 0.15) is 20.8 Å². The molecule has 0 radical (unpaired) electrons. The number of hydrogen-bond donors (Lipinski definition) is 1. The van der Waals surface area contributed by atoms with Gasteiger partial charge in [-0.25, -0.2) is 8.42 Å². The van der Waals surface area contributed by atoms with E-state index < -0.39 is 10.0 Å². The number of ether oxygens (including phenoxy) is 1. The third-order valence-electron chi connectivity index (χ3n) is 4.28. The van der Waals surface area contributed by atoms with Crippen LogP contribution in [0.4, 0.5) is 0 Å². The number of amides is 1. The van der Waals surface area contributed by atoms with Gasteiger partial charge < -0.3 is 10.1 Å². The van der Waals surface area contributed by atoms with Gasteiger partial charge in [-0.2, -0.15) is 4.31 Å². The standard InChI is InChI=1S/C18H22N2O4S2/c1-14-4-5-15(18(21)19-7-6-16-3-2-12-25-16)13-17(14)26(22,23)20-8-10-24-11-9-20/h2-5,12-13H,6-11H2,1H3,(H,19,21). The minimum absolute atomic E-state index is 0.185. The topological polar surface area (TPSA) is 75.7 Å². The Bertz CT molecular complexity index is 857. The van der Waals surface area contributed by atoms with Gasteiger partial charge in [-0.3, -0.25) is 4.79 Å². The summed E-state index contributed by atoms with van der Waals surface area (Å²) in [6.45, 7) is 3.70. The van der Waals surface area contributed by atoms with Crippen LogP contribution in [-0.4, -0.2) is 51.5 Å². The molecule has 2 heterocycles. The van der Waals surface area contributed by atoms with Crippen molar-refractivity contribution in [2.45, 2.75) is 18.2 Å². The lowest BCUT2D eigenvalue weighted by molar-refractivity contribution is 0.0730. The minimum Gasteiger partial charge on any atom is -0.379 e. The van der Waals surface area contributed by atoms with Crippen molar-refractivity contribution in [2.75, 3.05) is 32.8 Å². The summed E-state index contributed by atoms with van der Waals surface area (Å²) < 4.78 is 32.4. The number of thiophene rings is 1. The number of nitrogens with one attached hydrogen (secondary N) is 1. The zero-order chi connectivity index (χ0) is 18.6. The van der Waals surface area contributed by atoms with Gasteiger partial charge in [0.1, 0.15) is 0 Å². The fraction of sp³-hybridized carbons (Fsp3) is 0.389. The third-order valence-corrected chi connectivity index (χ3v) is 7.25. The smallest absolute Gasteiger partial charge is 0.251 e. The summed E-state index contributed by atoms with van der Waals surface area (Å²) in [6.07, 6.45) is 0.758. The van der Waals surface area contributed by atoms with E-state index in [4.69, 9.17) is 4.74 Å². The molecule has 8 heteroatoms. The van der Waals surface area contributed by atoms with E-state index in [1.165, 1.54) is 15.2 Å². The lowest BCUT2D eigenvalue weighted by Crippen LogP contribution is -2.41. The maximum Gasteiger partial charge on any atom is 0.251 e. The van der Waals surface area contributed by atoms with Crippen LogP contribution in [0.25, 0.3) is 0 Å². The predicted octanol–water partition coefficient (Wildman–Crippen LogP) is 2.05. The molecule has 0 spiro atoms. The van der Waals surface area contributed by atoms with Crippen molar-refractivity contribution in [2.24, 2.45) is 0 Å². The van der Waals surface area contributed by atoms with E-state index in [2.05, 4.69) is 5.32 Å². The van der Waals surface area contributed by atoms with Gasteiger partial charge in [0.15, 0.2) is 0 Å². The molecule has 6 nitrogen and oxygen atoms in total. The zero-order valence-corrected chi connectivity index (χ0v) is 16.2. The summed E-state index contributed by atoms with van der Waals surface area (Å²) in [5.74, 6) is -0.264. The summed E-state index contributed by atoms with van der Waals surface area (Å²) in [6, 6.07) is 8.82. The van der Waals surface area contributed by atoms with Crippen LogP contribution in [0.15, 0.2) is 40.6 Å². The van der Waals surface area contributed by atoms with Crippen LogP contribution in [-0.2, 0) is 21.2 Å². The van der Waals surface area contributed by atoms with Crippen LogP contribution < -0.4 is 5.32 Å². The first kappa shape index (κ1) is 19.0. The molecule has 140 valence electrons. The fourth-order valence-corrected chi connectivity index (χ4v) is 5.17. The predicted molar refractivity (Wildman–Crippen MR) is 101 cm³/mol. The van der Waals surface area contributed by atoms with Gasteiger partial charge in [-0.05, 0) is 42.5 Å². The summed E-state index contributed by atoms with van der Waals surface area (Å²) in [4.78, 5) is 13.8. The highest BCUT2D eigenvalue weighted by Crippen LogP contribution is 2.22. The van der Waals surface area contributed by atoms with Crippen molar-refractivity contribution in [3.05, 3.63) is 51.7 Å². The number of rotatable bonds is 6. The number of hydrogen-bond acceptors (Lipinski definition) is 5. The molecule has 0 saturated carbocycles. The van der Waals surface area contributed by atoms with Gasteiger partial charge >= 0.3 is 0 Å². The van der Waals surface area contributed by atoms with E-state index in [1.54, 1.807) is 30.4 Å². The first-order valence-electron chi connectivity index (χ1n) is 8.47. The molecule has 1 saturated heterocycles. The van der Waals surface area contributed by atoms with Gasteiger partial charge in [-0.15, -0.1) is 11.3 Å². The molecule has 26 heavy (non-hydrogen) atoms. The highest BCUT2D eigenvalue weighted by Gasteiger charge is 2.28. The number of aryl methyl sites for hydroxylation is 1. The maximum atomic E-state index is 12.9. The number of morpholine rings is 1. The second-order valence-electron chi connectivity index (χ2n) is 6.08. The van der Waals surface area contributed by atoms with Crippen LogP contribution in [0.2, 0.25) is 0 Å². The second kappa shape index (κ2) is 8.30. The highest BCUT2D eigenvalue weighted by molar-refractivity contribution is 7.89. The number of sulfonamides is 1. The molecule has 1 fully saturated rings. The number of carbonyl (C=O) groups excluding carboxylic acids is 1. The van der Waals surface area contributed by atoms with Gasteiger partial charge in [0.2, 0.25) is 10.0 Å². The van der Waals surface area contributed by atoms with Crippen LogP contribution in [0, 0.1) is 6.92 Å². The Morgan fingerprint density at radius 2 is 2.04 bits per heavy atom. The average molecular weight is 395 g/mol. The van der Waals surface area contributed by atoms with E-state index in [0.717, 1.165) is 6.42 Å². The SMILES string of the molecule is Cc1ccc(C(=O)NCCc2cccs2)cc1S(=O)(=O)N1CCOCC1. The molecule has 2 aromatic rings. The van der Waals surface area contributed by atoms with Gasteiger partial charge in [-0.1, -0.05) is 12.1 Å². The largest absolute Gasteiger partial charge is 0.379 e. The van der Waals surface area contributed by atoms with Crippen molar-refractivity contribution in [3.8, 4) is 0 Å². The minimum atomic E-state index is -3.63. The lowest BCUT2D eigenvalue weighted by Gasteiger charge is -2.26. The Morgan fingerprint density at radius 3 is 2.73 bits per heavy atom. The van der Waals surface area contributed by atoms with E-state index in [9.17, 15) is 13.2 Å². The van der Waals surface area contributed by atoms with Crippen LogP contribution in [0.3, 0.4) is 0 Å². The Labute approximate surface area is 157 Å². The molecular weight excluding hydrogens is 372 g/mol.